The summed E-state index contributed by atoms with van der Waals surface area (Å²) >= 11 is 0. The Morgan fingerprint density at radius 3 is 2.92 bits per heavy atom. The van der Waals surface area contributed by atoms with Crippen molar-refractivity contribution in [1.82, 2.24) is 10.3 Å². The molecule has 128 valence electrons. The van der Waals surface area contributed by atoms with E-state index in [-0.39, 0.29) is 18.3 Å². The van der Waals surface area contributed by atoms with Gasteiger partial charge in [-0.05, 0) is 30.3 Å². The largest absolute Gasteiger partial charge is 0.469 e. The van der Waals surface area contributed by atoms with Crippen molar-refractivity contribution in [3.63, 3.8) is 0 Å². The highest BCUT2D eigenvalue weighted by molar-refractivity contribution is 5.76. The molecule has 0 radical (unpaired) electrons. The first-order valence-electron chi connectivity index (χ1n) is 7.87. The summed E-state index contributed by atoms with van der Waals surface area (Å²) < 4.78 is 24.1. The van der Waals surface area contributed by atoms with E-state index in [4.69, 9.17) is 9.15 Å². The molecule has 1 aromatic carbocycles. The Labute approximate surface area is 144 Å². The lowest BCUT2D eigenvalue weighted by Gasteiger charge is -2.10. The molecule has 0 unspecified atom stereocenters. The fourth-order valence-corrected chi connectivity index (χ4v) is 2.27. The average molecular weight is 340 g/mol. The van der Waals surface area contributed by atoms with Gasteiger partial charge < -0.3 is 14.5 Å². The lowest BCUT2D eigenvalue weighted by atomic mass is 10.2. The fourth-order valence-electron chi connectivity index (χ4n) is 2.27. The molecule has 0 spiro atoms. The molecule has 0 aliphatic rings. The Morgan fingerprint density at radius 1 is 1.20 bits per heavy atom. The van der Waals surface area contributed by atoms with Crippen molar-refractivity contribution in [2.75, 3.05) is 0 Å². The van der Waals surface area contributed by atoms with Crippen LogP contribution in [0.25, 0.3) is 0 Å². The van der Waals surface area contributed by atoms with Crippen LogP contribution >= 0.6 is 0 Å². The van der Waals surface area contributed by atoms with Gasteiger partial charge in [0.25, 0.3) is 0 Å². The van der Waals surface area contributed by atoms with Gasteiger partial charge >= 0.3 is 0 Å². The van der Waals surface area contributed by atoms with Crippen LogP contribution in [0.4, 0.5) is 4.39 Å². The van der Waals surface area contributed by atoms with E-state index < -0.39 is 0 Å². The highest BCUT2D eigenvalue weighted by Gasteiger charge is 2.09. The standard InChI is InChI=1S/C19H17FN2O3/c20-15-5-1-6-17(12-15)25-19-14(4-2-10-21-19)13-22-18(23)9-8-16-7-3-11-24-16/h1-7,10-12H,8-9,13H2,(H,22,23). The zero-order valence-electron chi connectivity index (χ0n) is 13.4. The summed E-state index contributed by atoms with van der Waals surface area (Å²) in [5.41, 5.74) is 0.707. The molecule has 1 amide bonds. The highest BCUT2D eigenvalue weighted by atomic mass is 19.1. The second-order valence-corrected chi connectivity index (χ2v) is 5.38. The van der Waals surface area contributed by atoms with Crippen LogP contribution in [0.15, 0.2) is 65.4 Å². The van der Waals surface area contributed by atoms with Crippen molar-refractivity contribution in [3.8, 4) is 11.6 Å². The SMILES string of the molecule is O=C(CCc1ccco1)NCc1cccnc1Oc1cccc(F)c1. The van der Waals surface area contributed by atoms with Crippen LogP contribution < -0.4 is 10.1 Å². The maximum absolute atomic E-state index is 13.3. The number of furan rings is 1. The zero-order valence-corrected chi connectivity index (χ0v) is 13.4. The molecule has 0 fully saturated rings. The second-order valence-electron chi connectivity index (χ2n) is 5.38. The third kappa shape index (κ3) is 4.91. The van der Waals surface area contributed by atoms with Crippen LogP contribution in [0, 0.1) is 5.82 Å². The first-order valence-corrected chi connectivity index (χ1v) is 7.87. The van der Waals surface area contributed by atoms with Crippen molar-refractivity contribution in [3.05, 3.63) is 78.1 Å². The molecule has 1 N–H and O–H groups in total. The average Bonchev–Trinajstić information content (AvgIpc) is 3.13. The third-order valence-corrected chi connectivity index (χ3v) is 3.52. The lowest BCUT2D eigenvalue weighted by molar-refractivity contribution is -0.121. The van der Waals surface area contributed by atoms with Crippen LogP contribution in [0.3, 0.4) is 0 Å². The normalized spacial score (nSPS) is 10.4. The van der Waals surface area contributed by atoms with Gasteiger partial charge in [0.05, 0.1) is 6.26 Å². The van der Waals surface area contributed by atoms with Crippen LogP contribution in [0.1, 0.15) is 17.7 Å². The Hall–Kier alpha value is -3.15. The molecule has 3 rings (SSSR count). The van der Waals surface area contributed by atoms with Crippen LogP contribution in [-0.2, 0) is 17.8 Å². The number of halogens is 1. The van der Waals surface area contributed by atoms with Crippen LogP contribution in [0.2, 0.25) is 0 Å². The Morgan fingerprint density at radius 2 is 2.12 bits per heavy atom. The van der Waals surface area contributed by atoms with Gasteiger partial charge in [-0.3, -0.25) is 4.79 Å². The first-order chi connectivity index (χ1) is 12.2. The number of ether oxygens (including phenoxy) is 1. The number of aryl methyl sites for hydroxylation is 1. The molecule has 2 heterocycles. The van der Waals surface area contributed by atoms with Crippen molar-refractivity contribution in [2.24, 2.45) is 0 Å². The summed E-state index contributed by atoms with van der Waals surface area (Å²) in [5, 5.41) is 2.82. The highest BCUT2D eigenvalue weighted by Crippen LogP contribution is 2.23. The topological polar surface area (TPSA) is 64.4 Å². The van der Waals surface area contributed by atoms with Gasteiger partial charge in [-0.15, -0.1) is 0 Å². The number of benzene rings is 1. The van der Waals surface area contributed by atoms with Gasteiger partial charge in [-0.2, -0.15) is 0 Å². The number of amides is 1. The smallest absolute Gasteiger partial charge is 0.224 e. The summed E-state index contributed by atoms with van der Waals surface area (Å²) in [6, 6.07) is 13.0. The van der Waals surface area contributed by atoms with E-state index in [1.54, 1.807) is 42.8 Å². The molecule has 0 saturated carbocycles. The van der Waals surface area contributed by atoms with Crippen molar-refractivity contribution < 1.29 is 18.3 Å². The molecule has 0 bridgehead atoms. The number of nitrogens with zero attached hydrogens (tertiary/aromatic N) is 1. The maximum atomic E-state index is 13.3. The van der Waals surface area contributed by atoms with E-state index >= 15 is 0 Å². The van der Waals surface area contributed by atoms with Gasteiger partial charge in [0.1, 0.15) is 17.3 Å². The summed E-state index contributed by atoms with van der Waals surface area (Å²) in [4.78, 5) is 16.1. The number of rotatable bonds is 7. The molecule has 0 aliphatic carbocycles. The molecule has 0 aliphatic heterocycles. The Bertz CT molecular complexity index is 834. The van der Waals surface area contributed by atoms with Crippen LogP contribution in [-0.4, -0.2) is 10.9 Å². The van der Waals surface area contributed by atoms with Crippen molar-refractivity contribution in [2.45, 2.75) is 19.4 Å². The molecule has 0 saturated heterocycles. The molecule has 2 aromatic heterocycles. The fraction of sp³-hybridized carbons (Fsp3) is 0.158. The number of pyridine rings is 1. The summed E-state index contributed by atoms with van der Waals surface area (Å²) in [6.45, 7) is 0.273. The minimum Gasteiger partial charge on any atom is -0.469 e. The van der Waals surface area contributed by atoms with Gasteiger partial charge in [0.15, 0.2) is 0 Å². The van der Waals surface area contributed by atoms with E-state index in [1.807, 2.05) is 6.07 Å². The van der Waals surface area contributed by atoms with E-state index in [2.05, 4.69) is 10.3 Å². The minimum absolute atomic E-state index is 0.100. The zero-order chi connectivity index (χ0) is 17.5. The predicted molar refractivity (Wildman–Crippen MR) is 89.6 cm³/mol. The predicted octanol–water partition coefficient (Wildman–Crippen LogP) is 3.86. The monoisotopic (exact) mass is 340 g/mol. The van der Waals surface area contributed by atoms with Crippen molar-refractivity contribution >= 4 is 5.91 Å². The number of aromatic nitrogens is 1. The summed E-state index contributed by atoms with van der Waals surface area (Å²) in [6.07, 6.45) is 4.03. The Balaban J connectivity index is 1.58. The number of nitrogens with one attached hydrogen (secondary N) is 1. The number of hydrogen-bond acceptors (Lipinski definition) is 4. The maximum Gasteiger partial charge on any atom is 0.224 e. The van der Waals surface area contributed by atoms with Gasteiger partial charge in [-0.25, -0.2) is 9.37 Å². The number of carbonyl (C=O) groups is 1. The first kappa shape index (κ1) is 16.7. The van der Waals surface area contributed by atoms with Gasteiger partial charge in [-0.1, -0.05) is 12.1 Å². The lowest BCUT2D eigenvalue weighted by Crippen LogP contribution is -2.23. The quantitative estimate of drug-likeness (QED) is 0.709. The molecule has 0 atom stereocenters. The van der Waals surface area contributed by atoms with Crippen LogP contribution in [0.5, 0.6) is 11.6 Å². The Kier molecular flexibility index (Phi) is 5.41. The number of carbonyl (C=O) groups excluding carboxylic acids is 1. The summed E-state index contributed by atoms with van der Waals surface area (Å²) in [7, 11) is 0. The van der Waals surface area contributed by atoms with Crippen molar-refractivity contribution in [1.29, 1.82) is 0 Å². The number of hydrogen-bond donors (Lipinski definition) is 1. The van der Waals surface area contributed by atoms with E-state index in [9.17, 15) is 9.18 Å². The molecular formula is C19H17FN2O3. The van der Waals surface area contributed by atoms with E-state index in [0.717, 1.165) is 5.76 Å². The minimum atomic E-state index is -0.388. The molecule has 6 heteroatoms. The second kappa shape index (κ2) is 8.10. The van der Waals surface area contributed by atoms with E-state index in [0.29, 0.717) is 30.0 Å². The van der Waals surface area contributed by atoms with Gasteiger partial charge in [0.2, 0.25) is 11.8 Å². The summed E-state index contributed by atoms with van der Waals surface area (Å²) in [5.74, 6) is 0.966. The molecule has 25 heavy (non-hydrogen) atoms. The molecule has 5 nitrogen and oxygen atoms in total. The third-order valence-electron chi connectivity index (χ3n) is 3.52. The van der Waals surface area contributed by atoms with E-state index in [1.165, 1.54) is 12.1 Å². The molecule has 3 aromatic rings. The molecular weight excluding hydrogens is 323 g/mol. The van der Waals surface area contributed by atoms with Gasteiger partial charge in [0, 0.05) is 37.2 Å².